The second kappa shape index (κ2) is 11.5. The predicted octanol–water partition coefficient (Wildman–Crippen LogP) is 5.84. The summed E-state index contributed by atoms with van der Waals surface area (Å²) in [6, 6.07) is 0. The van der Waals surface area contributed by atoms with Gasteiger partial charge in [0, 0.05) is 13.1 Å². The summed E-state index contributed by atoms with van der Waals surface area (Å²) in [5, 5.41) is 9.88. The second-order valence-corrected chi connectivity index (χ2v) is 9.62. The van der Waals surface area contributed by atoms with Gasteiger partial charge >= 0.3 is 0 Å². The lowest BCUT2D eigenvalue weighted by molar-refractivity contribution is 0.0192. The highest BCUT2D eigenvalue weighted by atomic mass is 16.3. The first-order chi connectivity index (χ1) is 9.54. The van der Waals surface area contributed by atoms with Crippen molar-refractivity contribution in [2.24, 2.45) is 16.7 Å². The van der Waals surface area contributed by atoms with Gasteiger partial charge in [0.1, 0.15) is 0 Å². The van der Waals surface area contributed by atoms with Crippen LogP contribution in [0.4, 0.5) is 0 Å². The van der Waals surface area contributed by atoms with Crippen molar-refractivity contribution in [1.29, 1.82) is 0 Å². The van der Waals surface area contributed by atoms with Crippen LogP contribution in [-0.4, -0.2) is 35.7 Å². The summed E-state index contributed by atoms with van der Waals surface area (Å²) in [5.74, 6) is 0.833. The van der Waals surface area contributed by atoms with Gasteiger partial charge in [0.05, 0.1) is 5.60 Å². The van der Waals surface area contributed by atoms with E-state index in [4.69, 9.17) is 0 Å². The van der Waals surface area contributed by atoms with Gasteiger partial charge < -0.3 is 10.0 Å². The van der Waals surface area contributed by atoms with Crippen molar-refractivity contribution in [2.75, 3.05) is 20.1 Å². The molecule has 0 aromatic carbocycles. The van der Waals surface area contributed by atoms with Crippen LogP contribution in [0, 0.1) is 16.7 Å². The Morgan fingerprint density at radius 3 is 1.36 bits per heavy atom. The summed E-state index contributed by atoms with van der Waals surface area (Å²) in [6.45, 7) is 27.6. The number of aliphatic hydroxyl groups is 1. The van der Waals surface area contributed by atoms with Crippen LogP contribution in [0.25, 0.3) is 0 Å². The van der Waals surface area contributed by atoms with Gasteiger partial charge in [-0.1, -0.05) is 69.2 Å². The van der Waals surface area contributed by atoms with Crippen LogP contribution in [0.5, 0.6) is 0 Å². The Bertz CT molecular complexity index is 241. The molecule has 0 heterocycles. The summed E-state index contributed by atoms with van der Waals surface area (Å²) < 4.78 is 0. The van der Waals surface area contributed by atoms with Crippen LogP contribution in [-0.2, 0) is 0 Å². The van der Waals surface area contributed by atoms with Crippen LogP contribution >= 0.6 is 0 Å². The molecular formula is C20H47NO. The third kappa shape index (κ3) is 28.1. The summed E-state index contributed by atoms with van der Waals surface area (Å²) >= 11 is 0. The molecule has 0 aromatic rings. The molecule has 0 radical (unpaired) electrons. The van der Waals surface area contributed by atoms with Crippen molar-refractivity contribution in [3.8, 4) is 0 Å². The topological polar surface area (TPSA) is 23.5 Å². The van der Waals surface area contributed by atoms with Gasteiger partial charge in [0.15, 0.2) is 0 Å². The Balaban J connectivity index is -0.000000516. The molecule has 0 atom stereocenters. The van der Waals surface area contributed by atoms with Crippen LogP contribution in [0.2, 0.25) is 0 Å². The fourth-order valence-corrected chi connectivity index (χ4v) is 2.82. The standard InChI is InChI=1S/C14H31NO.C4H10.C2H6/c1-12(2,3)10-15(8)11-13(4,5)9-14(6,7)16;1-4(2)3;1-2/h16H,9-11H2,1-8H3;4H,1-3H3;1-2H3. The molecule has 0 saturated heterocycles. The van der Waals surface area contributed by atoms with E-state index in [2.05, 4.69) is 67.3 Å². The second-order valence-electron chi connectivity index (χ2n) is 9.62. The van der Waals surface area contributed by atoms with Crippen molar-refractivity contribution < 1.29 is 5.11 Å². The summed E-state index contributed by atoms with van der Waals surface area (Å²) in [5.41, 5.74) is -0.0934. The zero-order valence-electron chi connectivity index (χ0n) is 18.1. The average molecular weight is 318 g/mol. The van der Waals surface area contributed by atoms with Crippen molar-refractivity contribution in [3.63, 3.8) is 0 Å². The van der Waals surface area contributed by atoms with Gasteiger partial charge in [0.2, 0.25) is 0 Å². The average Bonchev–Trinajstić information content (AvgIpc) is 2.10. The zero-order chi connectivity index (χ0) is 18.8. The molecule has 2 nitrogen and oxygen atoms in total. The van der Waals surface area contributed by atoms with Gasteiger partial charge in [-0.05, 0) is 44.1 Å². The largest absolute Gasteiger partial charge is 0.390 e. The first-order valence-corrected chi connectivity index (χ1v) is 8.95. The van der Waals surface area contributed by atoms with Gasteiger partial charge in [-0.15, -0.1) is 0 Å². The maximum Gasteiger partial charge on any atom is 0.0597 e. The molecule has 0 bridgehead atoms. The highest BCUT2D eigenvalue weighted by Crippen LogP contribution is 2.29. The van der Waals surface area contributed by atoms with E-state index in [1.807, 2.05) is 27.7 Å². The smallest absolute Gasteiger partial charge is 0.0597 e. The molecule has 0 aromatic heterocycles. The number of hydrogen-bond acceptors (Lipinski definition) is 2. The molecule has 0 rings (SSSR count). The maximum atomic E-state index is 9.88. The lowest BCUT2D eigenvalue weighted by Gasteiger charge is -2.37. The summed E-state index contributed by atoms with van der Waals surface area (Å²) in [7, 11) is 2.16. The van der Waals surface area contributed by atoms with E-state index in [0.717, 1.165) is 25.4 Å². The normalized spacial score (nSPS) is 12.5. The molecular weight excluding hydrogens is 270 g/mol. The Labute approximate surface area is 142 Å². The first-order valence-electron chi connectivity index (χ1n) is 8.95. The number of hydrogen-bond donors (Lipinski definition) is 1. The minimum atomic E-state index is -0.577. The molecule has 22 heavy (non-hydrogen) atoms. The predicted molar refractivity (Wildman–Crippen MR) is 104 cm³/mol. The van der Waals surface area contributed by atoms with Crippen molar-refractivity contribution in [2.45, 2.75) is 95.1 Å². The van der Waals surface area contributed by atoms with E-state index in [9.17, 15) is 5.11 Å². The Hall–Kier alpha value is -0.0800. The molecule has 0 spiro atoms. The van der Waals surface area contributed by atoms with E-state index in [1.54, 1.807) is 0 Å². The Morgan fingerprint density at radius 1 is 0.818 bits per heavy atom. The molecule has 0 unspecified atom stereocenters. The van der Waals surface area contributed by atoms with E-state index >= 15 is 0 Å². The third-order valence-electron chi connectivity index (χ3n) is 2.35. The van der Waals surface area contributed by atoms with Gasteiger partial charge in [-0.25, -0.2) is 0 Å². The van der Waals surface area contributed by atoms with Crippen molar-refractivity contribution in [3.05, 3.63) is 0 Å². The lowest BCUT2D eigenvalue weighted by Crippen LogP contribution is -2.40. The summed E-state index contributed by atoms with van der Waals surface area (Å²) in [4.78, 5) is 2.37. The molecule has 0 aliphatic heterocycles. The minimum Gasteiger partial charge on any atom is -0.390 e. The van der Waals surface area contributed by atoms with Crippen LogP contribution < -0.4 is 0 Å². The van der Waals surface area contributed by atoms with E-state index < -0.39 is 5.60 Å². The molecule has 0 aliphatic rings. The van der Waals surface area contributed by atoms with E-state index in [1.165, 1.54) is 0 Å². The third-order valence-corrected chi connectivity index (χ3v) is 2.35. The van der Waals surface area contributed by atoms with Gasteiger partial charge in [-0.3, -0.25) is 0 Å². The van der Waals surface area contributed by atoms with E-state index in [-0.39, 0.29) is 5.41 Å². The molecule has 138 valence electrons. The lowest BCUT2D eigenvalue weighted by atomic mass is 9.81. The Kier molecular flexibility index (Phi) is 14.0. The summed E-state index contributed by atoms with van der Waals surface area (Å²) in [6.07, 6.45) is 0.828. The van der Waals surface area contributed by atoms with Gasteiger partial charge in [0.25, 0.3) is 0 Å². The van der Waals surface area contributed by atoms with Crippen LogP contribution in [0.15, 0.2) is 0 Å². The van der Waals surface area contributed by atoms with Crippen LogP contribution in [0.3, 0.4) is 0 Å². The molecule has 1 N–H and O–H groups in total. The van der Waals surface area contributed by atoms with E-state index in [0.29, 0.717) is 5.41 Å². The number of rotatable bonds is 5. The van der Waals surface area contributed by atoms with Crippen molar-refractivity contribution >= 4 is 0 Å². The molecule has 0 aliphatic carbocycles. The minimum absolute atomic E-state index is 0.151. The number of nitrogens with zero attached hydrogens (tertiary/aromatic N) is 1. The molecule has 0 saturated carbocycles. The first kappa shape index (κ1) is 26.8. The molecule has 0 amide bonds. The fourth-order valence-electron chi connectivity index (χ4n) is 2.82. The van der Waals surface area contributed by atoms with Gasteiger partial charge in [-0.2, -0.15) is 0 Å². The van der Waals surface area contributed by atoms with Crippen molar-refractivity contribution in [1.82, 2.24) is 4.90 Å². The maximum absolute atomic E-state index is 9.88. The SMILES string of the molecule is CC.CC(C)C.CN(CC(C)(C)C)CC(C)(C)CC(C)(C)O. The highest BCUT2D eigenvalue weighted by Gasteiger charge is 2.28. The highest BCUT2D eigenvalue weighted by molar-refractivity contribution is 4.81. The quantitative estimate of drug-likeness (QED) is 0.688. The molecule has 2 heteroatoms. The van der Waals surface area contributed by atoms with Crippen LogP contribution in [0.1, 0.15) is 89.5 Å². The monoisotopic (exact) mass is 317 g/mol. The fraction of sp³-hybridized carbons (Fsp3) is 1.00. The molecule has 0 fully saturated rings. The zero-order valence-corrected chi connectivity index (χ0v) is 18.1. The Morgan fingerprint density at radius 2 is 1.14 bits per heavy atom.